The molecule has 0 radical (unpaired) electrons. The molecule has 4 heteroatoms. The first-order chi connectivity index (χ1) is 7.08. The van der Waals surface area contributed by atoms with E-state index in [4.69, 9.17) is 9.47 Å². The summed E-state index contributed by atoms with van der Waals surface area (Å²) in [5.74, 6) is -0.0629. The molecule has 15 heavy (non-hydrogen) atoms. The number of hydrogen-bond donors (Lipinski definition) is 1. The van der Waals surface area contributed by atoms with Crippen LogP contribution in [-0.2, 0) is 14.3 Å². The Balaban J connectivity index is 2.16. The molecule has 0 aromatic carbocycles. The number of rotatable bonds is 6. The first-order valence-electron chi connectivity index (χ1n) is 5.51. The van der Waals surface area contributed by atoms with Gasteiger partial charge in [-0.05, 0) is 33.1 Å². The van der Waals surface area contributed by atoms with Gasteiger partial charge in [0.15, 0.2) is 0 Å². The van der Waals surface area contributed by atoms with E-state index in [0.29, 0.717) is 6.54 Å². The average molecular weight is 215 g/mol. The second-order valence-corrected chi connectivity index (χ2v) is 4.38. The molecule has 1 N–H and O–H groups in total. The fourth-order valence-corrected chi connectivity index (χ4v) is 1.58. The van der Waals surface area contributed by atoms with E-state index in [2.05, 4.69) is 5.32 Å². The van der Waals surface area contributed by atoms with Gasteiger partial charge >= 0.3 is 0 Å². The lowest BCUT2D eigenvalue weighted by Gasteiger charge is -2.40. The second-order valence-electron chi connectivity index (χ2n) is 4.38. The number of nitrogens with one attached hydrogen (secondary N) is 1. The summed E-state index contributed by atoms with van der Waals surface area (Å²) in [6.07, 6.45) is 3.35. The van der Waals surface area contributed by atoms with Crippen molar-refractivity contribution in [1.29, 1.82) is 0 Å². The van der Waals surface area contributed by atoms with Crippen LogP contribution in [0.1, 0.15) is 33.1 Å². The SMILES string of the molecule is COC1(CNC(=O)COC(C)C)CCC1. The van der Waals surface area contributed by atoms with Crippen molar-refractivity contribution in [3.05, 3.63) is 0 Å². The van der Waals surface area contributed by atoms with E-state index in [-0.39, 0.29) is 24.2 Å². The molecular formula is C11H21NO3. The number of carbonyl (C=O) groups excluding carboxylic acids is 1. The summed E-state index contributed by atoms with van der Waals surface area (Å²) in [6, 6.07) is 0. The van der Waals surface area contributed by atoms with Crippen LogP contribution in [0.15, 0.2) is 0 Å². The van der Waals surface area contributed by atoms with Crippen LogP contribution in [-0.4, -0.2) is 37.9 Å². The van der Waals surface area contributed by atoms with Crippen LogP contribution < -0.4 is 5.32 Å². The van der Waals surface area contributed by atoms with E-state index in [1.807, 2.05) is 13.8 Å². The molecule has 0 aromatic rings. The number of ether oxygens (including phenoxy) is 2. The lowest BCUT2D eigenvalue weighted by atomic mass is 9.80. The molecule has 0 heterocycles. The largest absolute Gasteiger partial charge is 0.376 e. The highest BCUT2D eigenvalue weighted by Crippen LogP contribution is 2.34. The Morgan fingerprint density at radius 1 is 1.47 bits per heavy atom. The molecule has 0 atom stereocenters. The van der Waals surface area contributed by atoms with Crippen LogP contribution >= 0.6 is 0 Å². The number of carbonyl (C=O) groups is 1. The zero-order valence-electron chi connectivity index (χ0n) is 9.84. The fourth-order valence-electron chi connectivity index (χ4n) is 1.58. The van der Waals surface area contributed by atoms with Crippen LogP contribution in [0.2, 0.25) is 0 Å². The van der Waals surface area contributed by atoms with E-state index >= 15 is 0 Å². The first kappa shape index (κ1) is 12.5. The van der Waals surface area contributed by atoms with Crippen LogP contribution in [0, 0.1) is 0 Å². The lowest BCUT2D eigenvalue weighted by molar-refractivity contribution is -0.130. The van der Waals surface area contributed by atoms with Crippen LogP contribution in [0.3, 0.4) is 0 Å². The Bertz CT molecular complexity index is 206. The average Bonchev–Trinajstić information content (AvgIpc) is 2.14. The molecular weight excluding hydrogens is 194 g/mol. The van der Waals surface area contributed by atoms with Gasteiger partial charge in [0.25, 0.3) is 0 Å². The van der Waals surface area contributed by atoms with Crippen molar-refractivity contribution >= 4 is 5.91 Å². The molecule has 4 nitrogen and oxygen atoms in total. The summed E-state index contributed by atoms with van der Waals surface area (Å²) in [4.78, 5) is 11.4. The Morgan fingerprint density at radius 3 is 2.53 bits per heavy atom. The van der Waals surface area contributed by atoms with E-state index in [1.54, 1.807) is 7.11 Å². The minimum absolute atomic E-state index is 0.0629. The summed E-state index contributed by atoms with van der Waals surface area (Å²) < 4.78 is 10.6. The maximum atomic E-state index is 11.4. The highest BCUT2D eigenvalue weighted by molar-refractivity contribution is 5.77. The monoisotopic (exact) mass is 215 g/mol. The molecule has 0 aromatic heterocycles. The Hall–Kier alpha value is -0.610. The minimum atomic E-state index is -0.104. The van der Waals surface area contributed by atoms with Gasteiger partial charge in [-0.1, -0.05) is 0 Å². The smallest absolute Gasteiger partial charge is 0.246 e. The van der Waals surface area contributed by atoms with Crippen molar-refractivity contribution < 1.29 is 14.3 Å². The zero-order valence-corrected chi connectivity index (χ0v) is 9.84. The van der Waals surface area contributed by atoms with Crippen molar-refractivity contribution in [2.45, 2.75) is 44.8 Å². The Kier molecular flexibility index (Phi) is 4.54. The molecule has 1 aliphatic carbocycles. The van der Waals surface area contributed by atoms with Gasteiger partial charge in [0.1, 0.15) is 6.61 Å². The summed E-state index contributed by atoms with van der Waals surface area (Å²) in [6.45, 7) is 4.56. The third kappa shape index (κ3) is 3.80. The molecule has 88 valence electrons. The van der Waals surface area contributed by atoms with Crippen molar-refractivity contribution in [1.82, 2.24) is 5.32 Å². The van der Waals surface area contributed by atoms with E-state index in [1.165, 1.54) is 6.42 Å². The predicted molar refractivity (Wildman–Crippen MR) is 57.7 cm³/mol. The van der Waals surface area contributed by atoms with Gasteiger partial charge in [0.05, 0.1) is 11.7 Å². The zero-order chi connectivity index (χ0) is 11.3. The van der Waals surface area contributed by atoms with Crippen molar-refractivity contribution in [3.8, 4) is 0 Å². The quantitative estimate of drug-likeness (QED) is 0.721. The molecule has 0 unspecified atom stereocenters. The van der Waals surface area contributed by atoms with E-state index in [0.717, 1.165) is 12.8 Å². The summed E-state index contributed by atoms with van der Waals surface area (Å²) in [7, 11) is 1.70. The fraction of sp³-hybridized carbons (Fsp3) is 0.909. The third-order valence-electron chi connectivity index (χ3n) is 2.85. The molecule has 0 aliphatic heterocycles. The topological polar surface area (TPSA) is 47.6 Å². The normalized spacial score (nSPS) is 18.7. The highest BCUT2D eigenvalue weighted by atomic mass is 16.5. The number of hydrogen-bond acceptors (Lipinski definition) is 3. The third-order valence-corrected chi connectivity index (χ3v) is 2.85. The molecule has 0 spiro atoms. The van der Waals surface area contributed by atoms with E-state index < -0.39 is 0 Å². The Morgan fingerprint density at radius 2 is 2.13 bits per heavy atom. The van der Waals surface area contributed by atoms with Gasteiger partial charge in [-0.15, -0.1) is 0 Å². The predicted octanol–water partition coefficient (Wildman–Crippen LogP) is 1.10. The van der Waals surface area contributed by atoms with E-state index in [9.17, 15) is 4.79 Å². The van der Waals surface area contributed by atoms with Crippen LogP contribution in [0.4, 0.5) is 0 Å². The van der Waals surface area contributed by atoms with Crippen LogP contribution in [0.5, 0.6) is 0 Å². The summed E-state index contributed by atoms with van der Waals surface area (Å²) in [5.41, 5.74) is -0.104. The van der Waals surface area contributed by atoms with Gasteiger partial charge in [-0.25, -0.2) is 0 Å². The maximum Gasteiger partial charge on any atom is 0.246 e. The number of methoxy groups -OCH3 is 1. The minimum Gasteiger partial charge on any atom is -0.376 e. The molecule has 0 bridgehead atoms. The lowest BCUT2D eigenvalue weighted by Crippen LogP contribution is -2.50. The molecule has 1 saturated carbocycles. The van der Waals surface area contributed by atoms with Gasteiger partial charge in [0, 0.05) is 13.7 Å². The second kappa shape index (κ2) is 5.47. The van der Waals surface area contributed by atoms with Crippen molar-refractivity contribution in [2.75, 3.05) is 20.3 Å². The molecule has 1 aliphatic rings. The van der Waals surface area contributed by atoms with Crippen molar-refractivity contribution in [2.24, 2.45) is 0 Å². The first-order valence-corrected chi connectivity index (χ1v) is 5.51. The summed E-state index contributed by atoms with van der Waals surface area (Å²) in [5, 5.41) is 2.84. The van der Waals surface area contributed by atoms with Gasteiger partial charge in [0.2, 0.25) is 5.91 Å². The standard InChI is InChI=1S/C11H21NO3/c1-9(2)15-7-10(13)12-8-11(14-3)5-4-6-11/h9H,4-8H2,1-3H3,(H,12,13). The highest BCUT2D eigenvalue weighted by Gasteiger charge is 2.37. The van der Waals surface area contributed by atoms with Crippen LogP contribution in [0.25, 0.3) is 0 Å². The van der Waals surface area contributed by atoms with Gasteiger partial charge < -0.3 is 14.8 Å². The van der Waals surface area contributed by atoms with Crippen molar-refractivity contribution in [3.63, 3.8) is 0 Å². The van der Waals surface area contributed by atoms with Gasteiger partial charge in [-0.2, -0.15) is 0 Å². The number of amides is 1. The Labute approximate surface area is 91.3 Å². The van der Waals surface area contributed by atoms with Gasteiger partial charge in [-0.3, -0.25) is 4.79 Å². The molecule has 1 amide bonds. The molecule has 0 saturated heterocycles. The molecule has 1 rings (SSSR count). The summed E-state index contributed by atoms with van der Waals surface area (Å²) >= 11 is 0. The molecule has 1 fully saturated rings. The maximum absolute atomic E-state index is 11.4.